The topological polar surface area (TPSA) is 106 Å². The van der Waals surface area contributed by atoms with Crippen LogP contribution in [0.15, 0.2) is 41.6 Å². The van der Waals surface area contributed by atoms with Gasteiger partial charge in [0.05, 0.1) is 15.9 Å². The van der Waals surface area contributed by atoms with E-state index in [1.807, 2.05) is 6.92 Å². The molecule has 0 saturated heterocycles. The predicted molar refractivity (Wildman–Crippen MR) is 85.1 cm³/mol. The lowest BCUT2D eigenvalue weighted by Crippen LogP contribution is -2.23. The summed E-state index contributed by atoms with van der Waals surface area (Å²) in [5.74, 6) is 0.343. The van der Waals surface area contributed by atoms with E-state index in [4.69, 9.17) is 0 Å². The number of sulfone groups is 1. The zero-order valence-corrected chi connectivity index (χ0v) is 13.7. The molecule has 0 fully saturated rings. The Morgan fingerprint density at radius 1 is 1.17 bits per heavy atom. The molecular formula is C14H16N4O4S. The van der Waals surface area contributed by atoms with Gasteiger partial charge in [0, 0.05) is 13.3 Å². The van der Waals surface area contributed by atoms with Crippen molar-refractivity contribution in [3.05, 3.63) is 52.3 Å². The molecule has 1 aromatic heterocycles. The quantitative estimate of drug-likeness (QED) is 0.607. The predicted octanol–water partition coefficient (Wildman–Crippen LogP) is 1.99. The normalized spacial score (nSPS) is 12.7. The highest BCUT2D eigenvalue weighted by atomic mass is 32.2. The van der Waals surface area contributed by atoms with Gasteiger partial charge in [-0.3, -0.25) is 10.1 Å². The zero-order valence-electron chi connectivity index (χ0n) is 12.9. The van der Waals surface area contributed by atoms with Crippen LogP contribution in [0, 0.1) is 10.1 Å². The highest BCUT2D eigenvalue weighted by Gasteiger charge is 2.17. The molecule has 0 spiro atoms. The summed E-state index contributed by atoms with van der Waals surface area (Å²) in [6.07, 6.45) is 3.46. The Bertz CT molecular complexity index is 804. The molecular weight excluding hydrogens is 320 g/mol. The lowest BCUT2D eigenvalue weighted by molar-refractivity contribution is -0.385. The fraction of sp³-hybridized carbons (Fsp3) is 0.286. The Kier molecular flexibility index (Phi) is 4.60. The van der Waals surface area contributed by atoms with E-state index in [2.05, 4.69) is 9.97 Å². The maximum atomic E-state index is 11.5. The highest BCUT2D eigenvalue weighted by molar-refractivity contribution is 7.90. The van der Waals surface area contributed by atoms with E-state index in [0.717, 1.165) is 24.2 Å². The number of hydrogen-bond acceptors (Lipinski definition) is 7. The fourth-order valence-corrected chi connectivity index (χ4v) is 2.61. The Morgan fingerprint density at radius 3 is 2.13 bits per heavy atom. The van der Waals surface area contributed by atoms with Crippen molar-refractivity contribution in [2.75, 3.05) is 18.2 Å². The van der Waals surface area contributed by atoms with Gasteiger partial charge in [0.15, 0.2) is 9.84 Å². The molecule has 0 radical (unpaired) electrons. The van der Waals surface area contributed by atoms with Gasteiger partial charge in [0.1, 0.15) is 12.4 Å². The van der Waals surface area contributed by atoms with Gasteiger partial charge >= 0.3 is 5.69 Å². The second-order valence-electron chi connectivity index (χ2n) is 5.13. The molecule has 0 aliphatic rings. The van der Waals surface area contributed by atoms with Crippen LogP contribution in [0.2, 0.25) is 0 Å². The van der Waals surface area contributed by atoms with Crippen LogP contribution in [0.5, 0.6) is 0 Å². The molecule has 2 aromatic rings. The minimum Gasteiger partial charge on any atom is -0.337 e. The van der Waals surface area contributed by atoms with Crippen molar-refractivity contribution in [1.82, 2.24) is 9.97 Å². The third-order valence-corrected chi connectivity index (χ3v) is 4.65. The summed E-state index contributed by atoms with van der Waals surface area (Å²) in [6, 6.07) is 6.41. The molecule has 9 heteroatoms. The monoisotopic (exact) mass is 336 g/mol. The smallest absolute Gasteiger partial charge is 0.305 e. The second-order valence-corrected chi connectivity index (χ2v) is 7.14. The number of nitrogens with zero attached hydrogens (tertiary/aromatic N) is 4. The van der Waals surface area contributed by atoms with Crippen LogP contribution >= 0.6 is 0 Å². The highest BCUT2D eigenvalue weighted by Crippen LogP contribution is 2.24. The van der Waals surface area contributed by atoms with E-state index in [1.54, 1.807) is 36.2 Å². The first kappa shape index (κ1) is 16.8. The molecule has 0 aliphatic heterocycles. The average Bonchev–Trinajstić information content (AvgIpc) is 2.53. The molecule has 23 heavy (non-hydrogen) atoms. The molecule has 1 heterocycles. The lowest BCUT2D eigenvalue weighted by atomic mass is 10.1. The van der Waals surface area contributed by atoms with E-state index in [1.165, 1.54) is 0 Å². The van der Waals surface area contributed by atoms with Crippen molar-refractivity contribution in [3.8, 4) is 0 Å². The summed E-state index contributed by atoms with van der Waals surface area (Å²) in [5.41, 5.74) is 0.703. The summed E-state index contributed by atoms with van der Waals surface area (Å²) >= 11 is 0. The van der Waals surface area contributed by atoms with Gasteiger partial charge in [-0.25, -0.2) is 18.4 Å². The van der Waals surface area contributed by atoms with Gasteiger partial charge < -0.3 is 4.90 Å². The molecule has 1 atom stereocenters. The molecule has 0 amide bonds. The van der Waals surface area contributed by atoms with Crippen LogP contribution in [0.1, 0.15) is 18.5 Å². The summed E-state index contributed by atoms with van der Waals surface area (Å²) in [7, 11) is -1.47. The van der Waals surface area contributed by atoms with Crippen molar-refractivity contribution >= 4 is 21.5 Å². The lowest BCUT2D eigenvalue weighted by Gasteiger charge is -2.25. The standard InChI is InChI=1S/C14H16N4O4S/c1-10(11-4-6-13(7-5-11)23(3,21)22)17(2)14-15-8-12(9-16-14)18(19)20/h4-10H,1-3H3. The maximum Gasteiger partial charge on any atom is 0.305 e. The van der Waals surface area contributed by atoms with Crippen molar-refractivity contribution in [2.45, 2.75) is 17.9 Å². The van der Waals surface area contributed by atoms with Gasteiger partial charge in [-0.05, 0) is 24.6 Å². The Balaban J connectivity index is 2.22. The first-order valence-electron chi connectivity index (χ1n) is 6.69. The fourth-order valence-electron chi connectivity index (χ4n) is 1.98. The van der Waals surface area contributed by atoms with Crippen LogP contribution in [0.4, 0.5) is 11.6 Å². The van der Waals surface area contributed by atoms with Crippen molar-refractivity contribution in [3.63, 3.8) is 0 Å². The van der Waals surface area contributed by atoms with E-state index >= 15 is 0 Å². The van der Waals surface area contributed by atoms with Gasteiger partial charge in [-0.15, -0.1) is 0 Å². The zero-order chi connectivity index (χ0) is 17.2. The number of aromatic nitrogens is 2. The third kappa shape index (κ3) is 3.81. The molecule has 0 saturated carbocycles. The van der Waals surface area contributed by atoms with Crippen molar-refractivity contribution in [2.24, 2.45) is 0 Å². The molecule has 0 bridgehead atoms. The first-order valence-corrected chi connectivity index (χ1v) is 8.58. The van der Waals surface area contributed by atoms with E-state index in [0.29, 0.717) is 5.95 Å². The van der Waals surface area contributed by atoms with Gasteiger partial charge in [-0.1, -0.05) is 12.1 Å². The molecule has 1 unspecified atom stereocenters. The minimum atomic E-state index is -3.23. The Hall–Kier alpha value is -2.55. The van der Waals surface area contributed by atoms with Crippen LogP contribution < -0.4 is 4.90 Å². The number of hydrogen-bond donors (Lipinski definition) is 0. The SMILES string of the molecule is CC(c1ccc(S(C)(=O)=O)cc1)N(C)c1ncc([N+](=O)[O-])cn1. The maximum absolute atomic E-state index is 11.5. The second kappa shape index (κ2) is 6.29. The average molecular weight is 336 g/mol. The molecule has 2 rings (SSSR count). The number of benzene rings is 1. The third-order valence-electron chi connectivity index (χ3n) is 3.52. The Morgan fingerprint density at radius 2 is 1.70 bits per heavy atom. The Labute approximate surface area is 133 Å². The molecule has 8 nitrogen and oxygen atoms in total. The van der Waals surface area contributed by atoms with Crippen LogP contribution in [0.3, 0.4) is 0 Å². The number of nitro groups is 1. The molecule has 122 valence electrons. The largest absolute Gasteiger partial charge is 0.337 e. The molecule has 0 aliphatic carbocycles. The number of anilines is 1. The summed E-state index contributed by atoms with van der Waals surface area (Å²) < 4.78 is 22.9. The summed E-state index contributed by atoms with van der Waals surface area (Å²) in [4.78, 5) is 20.0. The van der Waals surface area contributed by atoms with Gasteiger partial charge in [0.2, 0.25) is 5.95 Å². The van der Waals surface area contributed by atoms with Crippen LogP contribution in [-0.4, -0.2) is 36.6 Å². The molecule has 0 N–H and O–H groups in total. The van der Waals surface area contributed by atoms with E-state index in [-0.39, 0.29) is 16.6 Å². The van der Waals surface area contributed by atoms with E-state index < -0.39 is 14.8 Å². The molecule has 1 aromatic carbocycles. The van der Waals surface area contributed by atoms with Crippen molar-refractivity contribution < 1.29 is 13.3 Å². The van der Waals surface area contributed by atoms with Gasteiger partial charge in [-0.2, -0.15) is 0 Å². The van der Waals surface area contributed by atoms with Crippen LogP contribution in [0.25, 0.3) is 0 Å². The minimum absolute atomic E-state index is 0.134. The summed E-state index contributed by atoms with van der Waals surface area (Å²) in [6.45, 7) is 1.90. The van der Waals surface area contributed by atoms with E-state index in [9.17, 15) is 18.5 Å². The summed E-state index contributed by atoms with van der Waals surface area (Å²) in [5, 5.41) is 10.6. The van der Waals surface area contributed by atoms with Crippen LogP contribution in [-0.2, 0) is 9.84 Å². The van der Waals surface area contributed by atoms with Crippen molar-refractivity contribution in [1.29, 1.82) is 0 Å². The first-order chi connectivity index (χ1) is 10.7. The van der Waals surface area contributed by atoms with Gasteiger partial charge in [0.25, 0.3) is 0 Å². The number of rotatable bonds is 5.